The van der Waals surface area contributed by atoms with Crippen LogP contribution in [0.2, 0.25) is 0 Å². The summed E-state index contributed by atoms with van der Waals surface area (Å²) in [6.45, 7) is 0.248. The molecule has 5 heteroatoms. The monoisotopic (exact) mass is 192 g/mol. The number of hydrogen-bond acceptors (Lipinski definition) is 4. The van der Waals surface area contributed by atoms with Gasteiger partial charge in [-0.25, -0.2) is 0 Å². The van der Waals surface area contributed by atoms with E-state index in [9.17, 15) is 0 Å². The molecule has 1 rings (SSSR count). The highest BCUT2D eigenvalue weighted by molar-refractivity contribution is 6.26. The lowest BCUT2D eigenvalue weighted by atomic mass is 9.89. The largest absolute Gasteiger partial charge is 0.427 e. The minimum Gasteiger partial charge on any atom is -0.427 e. The third-order valence-electron chi connectivity index (χ3n) is 1.81. The lowest BCUT2D eigenvalue weighted by molar-refractivity contribution is 0.322. The summed E-state index contributed by atoms with van der Waals surface area (Å²) in [7, 11) is 0.607. The van der Waals surface area contributed by atoms with Crippen molar-refractivity contribution >= 4 is 13.7 Å². The third kappa shape index (κ3) is 3.59. The van der Waals surface area contributed by atoms with Crippen LogP contribution in [0.5, 0.6) is 0 Å². The number of nitrogens with two attached hydrogens (primary N) is 1. The molecule has 74 valence electrons. The van der Waals surface area contributed by atoms with E-state index in [0.717, 1.165) is 17.4 Å². The van der Waals surface area contributed by atoms with E-state index in [1.54, 1.807) is 0 Å². The van der Waals surface area contributed by atoms with Crippen LogP contribution < -0.4 is 5.73 Å². The van der Waals surface area contributed by atoms with Crippen molar-refractivity contribution in [1.29, 1.82) is 0 Å². The van der Waals surface area contributed by atoms with Crippen molar-refractivity contribution < 1.29 is 9.86 Å². The SMILES string of the molecule is NCOBCc1cccc(/C=N/O)c1. The van der Waals surface area contributed by atoms with E-state index in [0.29, 0.717) is 7.48 Å². The average molecular weight is 192 g/mol. The molecule has 0 atom stereocenters. The number of hydrogen-bond donors (Lipinski definition) is 2. The van der Waals surface area contributed by atoms with Crippen molar-refractivity contribution in [3.63, 3.8) is 0 Å². The zero-order valence-electron chi connectivity index (χ0n) is 7.89. The highest BCUT2D eigenvalue weighted by Gasteiger charge is 1.96. The molecule has 0 radical (unpaired) electrons. The van der Waals surface area contributed by atoms with Crippen molar-refractivity contribution in [1.82, 2.24) is 0 Å². The zero-order valence-corrected chi connectivity index (χ0v) is 7.89. The topological polar surface area (TPSA) is 67.8 Å². The van der Waals surface area contributed by atoms with Gasteiger partial charge < -0.3 is 15.6 Å². The van der Waals surface area contributed by atoms with Crippen molar-refractivity contribution in [2.45, 2.75) is 6.32 Å². The summed E-state index contributed by atoms with van der Waals surface area (Å²) < 4.78 is 5.03. The summed E-state index contributed by atoms with van der Waals surface area (Å²) in [6, 6.07) is 7.72. The van der Waals surface area contributed by atoms with Gasteiger partial charge in [-0.15, -0.1) is 0 Å². The Hall–Kier alpha value is -1.33. The van der Waals surface area contributed by atoms with Crippen LogP contribution >= 0.6 is 0 Å². The molecule has 0 bridgehead atoms. The standard InChI is InChI=1S/C9H13BN2O2/c11-7-14-10-5-8-2-1-3-9(4-8)6-12-13/h1-4,6,10,13H,5,7,11H2/b12-6+. The second-order valence-corrected chi connectivity index (χ2v) is 2.81. The maximum absolute atomic E-state index is 8.35. The molecule has 0 spiro atoms. The molecule has 0 aromatic heterocycles. The van der Waals surface area contributed by atoms with Gasteiger partial charge in [-0.05, 0) is 11.9 Å². The van der Waals surface area contributed by atoms with Crippen LogP contribution in [0.15, 0.2) is 29.4 Å². The first kappa shape index (κ1) is 10.8. The summed E-state index contributed by atoms with van der Waals surface area (Å²) in [5.41, 5.74) is 7.20. The van der Waals surface area contributed by atoms with E-state index in [2.05, 4.69) is 5.16 Å². The molecule has 3 N–H and O–H groups in total. The van der Waals surface area contributed by atoms with Gasteiger partial charge in [-0.1, -0.05) is 35.0 Å². The van der Waals surface area contributed by atoms with Gasteiger partial charge in [-0.3, -0.25) is 0 Å². The highest BCUT2D eigenvalue weighted by atomic mass is 16.4. The Bertz CT molecular complexity index is 305. The molecule has 14 heavy (non-hydrogen) atoms. The molecular formula is C9H13BN2O2. The predicted octanol–water partition coefficient (Wildman–Crippen LogP) is 0.279. The van der Waals surface area contributed by atoms with Crippen LogP contribution in [-0.4, -0.2) is 25.6 Å². The quantitative estimate of drug-likeness (QED) is 0.176. The molecule has 1 aromatic carbocycles. The molecule has 0 saturated carbocycles. The van der Waals surface area contributed by atoms with Gasteiger partial charge in [0.05, 0.1) is 12.9 Å². The van der Waals surface area contributed by atoms with Gasteiger partial charge in [0.1, 0.15) is 0 Å². The lowest BCUT2D eigenvalue weighted by Crippen LogP contribution is -2.10. The van der Waals surface area contributed by atoms with Crippen molar-refractivity contribution in [3.8, 4) is 0 Å². The molecule has 0 aliphatic heterocycles. The number of benzene rings is 1. The molecule has 0 unspecified atom stereocenters. The first-order valence-corrected chi connectivity index (χ1v) is 4.41. The summed E-state index contributed by atoms with van der Waals surface area (Å²) in [6.07, 6.45) is 2.21. The van der Waals surface area contributed by atoms with E-state index in [1.807, 2.05) is 24.3 Å². The van der Waals surface area contributed by atoms with E-state index in [1.165, 1.54) is 6.21 Å². The van der Waals surface area contributed by atoms with Crippen LogP contribution in [0.1, 0.15) is 11.1 Å². The van der Waals surface area contributed by atoms with E-state index < -0.39 is 0 Å². The molecule has 0 aliphatic carbocycles. The van der Waals surface area contributed by atoms with Gasteiger partial charge in [0.25, 0.3) is 7.48 Å². The zero-order chi connectivity index (χ0) is 10.2. The van der Waals surface area contributed by atoms with Crippen LogP contribution in [-0.2, 0) is 11.0 Å². The summed E-state index contributed by atoms with van der Waals surface area (Å²) in [4.78, 5) is 0. The molecule has 1 aromatic rings. The fourth-order valence-electron chi connectivity index (χ4n) is 1.17. The fraction of sp³-hybridized carbons (Fsp3) is 0.222. The van der Waals surface area contributed by atoms with Crippen molar-refractivity contribution in [2.24, 2.45) is 10.9 Å². The summed E-state index contributed by atoms with van der Waals surface area (Å²) in [5.74, 6) is 0. The normalized spacial score (nSPS) is 10.6. The number of oxime groups is 1. The lowest BCUT2D eigenvalue weighted by Gasteiger charge is -2.00. The Kier molecular flexibility index (Phi) is 4.75. The maximum Gasteiger partial charge on any atom is 0.281 e. The second-order valence-electron chi connectivity index (χ2n) is 2.81. The first-order valence-electron chi connectivity index (χ1n) is 4.41. The number of nitrogens with zero attached hydrogens (tertiary/aromatic N) is 1. The summed E-state index contributed by atoms with van der Waals surface area (Å²) in [5, 5.41) is 11.3. The predicted molar refractivity (Wildman–Crippen MR) is 56.8 cm³/mol. The second kappa shape index (κ2) is 6.18. The van der Waals surface area contributed by atoms with Gasteiger partial charge >= 0.3 is 0 Å². The van der Waals surface area contributed by atoms with E-state index >= 15 is 0 Å². The Morgan fingerprint density at radius 2 is 2.43 bits per heavy atom. The first-order chi connectivity index (χ1) is 6.86. The van der Waals surface area contributed by atoms with Crippen LogP contribution in [0.3, 0.4) is 0 Å². The third-order valence-corrected chi connectivity index (χ3v) is 1.81. The molecular weight excluding hydrogens is 179 g/mol. The average Bonchev–Trinajstić information content (AvgIpc) is 2.19. The minimum atomic E-state index is 0.248. The van der Waals surface area contributed by atoms with E-state index in [-0.39, 0.29) is 6.73 Å². The number of rotatable bonds is 5. The fourth-order valence-corrected chi connectivity index (χ4v) is 1.17. The molecule has 0 heterocycles. The van der Waals surface area contributed by atoms with Gasteiger partial charge in [-0.2, -0.15) is 0 Å². The molecule has 0 fully saturated rings. The van der Waals surface area contributed by atoms with Gasteiger partial charge in [0.2, 0.25) is 0 Å². The van der Waals surface area contributed by atoms with E-state index in [4.69, 9.17) is 15.6 Å². The van der Waals surface area contributed by atoms with Crippen molar-refractivity contribution in [2.75, 3.05) is 6.73 Å². The van der Waals surface area contributed by atoms with Crippen LogP contribution in [0.4, 0.5) is 0 Å². The van der Waals surface area contributed by atoms with Crippen LogP contribution in [0, 0.1) is 0 Å². The highest BCUT2D eigenvalue weighted by Crippen LogP contribution is 2.03. The van der Waals surface area contributed by atoms with Crippen LogP contribution in [0.25, 0.3) is 0 Å². The molecule has 0 saturated heterocycles. The Balaban J connectivity index is 2.54. The van der Waals surface area contributed by atoms with Gasteiger partial charge in [0.15, 0.2) is 0 Å². The minimum absolute atomic E-state index is 0.248. The molecule has 0 amide bonds. The molecule has 4 nitrogen and oxygen atoms in total. The smallest absolute Gasteiger partial charge is 0.281 e. The Morgan fingerprint density at radius 3 is 3.14 bits per heavy atom. The summed E-state index contributed by atoms with van der Waals surface area (Å²) >= 11 is 0. The Morgan fingerprint density at radius 1 is 1.57 bits per heavy atom. The maximum atomic E-state index is 8.35. The Labute approximate surface area is 83.6 Å². The van der Waals surface area contributed by atoms with Gasteiger partial charge in [0, 0.05) is 0 Å². The van der Waals surface area contributed by atoms with Crippen molar-refractivity contribution in [3.05, 3.63) is 35.4 Å². The molecule has 0 aliphatic rings.